The summed E-state index contributed by atoms with van der Waals surface area (Å²) in [6, 6.07) is 10.4. The van der Waals surface area contributed by atoms with E-state index in [0.29, 0.717) is 11.6 Å². The molecule has 5 heteroatoms. The zero-order chi connectivity index (χ0) is 16.1. The third-order valence-electron chi connectivity index (χ3n) is 4.45. The van der Waals surface area contributed by atoms with E-state index >= 15 is 0 Å². The van der Waals surface area contributed by atoms with E-state index in [1.54, 1.807) is 6.20 Å². The second kappa shape index (κ2) is 7.21. The molecule has 5 nitrogen and oxygen atoms in total. The minimum absolute atomic E-state index is 0.350. The van der Waals surface area contributed by atoms with Gasteiger partial charge in [-0.1, -0.05) is 6.07 Å². The zero-order valence-corrected chi connectivity index (χ0v) is 13.4. The lowest BCUT2D eigenvalue weighted by Gasteiger charge is -2.28. The molecule has 1 atom stereocenters. The van der Waals surface area contributed by atoms with E-state index in [4.69, 9.17) is 0 Å². The Morgan fingerprint density at radius 3 is 2.78 bits per heavy atom. The first-order chi connectivity index (χ1) is 11.3. The fraction of sp³-hybridized carbons (Fsp3) is 0.389. The predicted molar refractivity (Wildman–Crippen MR) is 90.0 cm³/mol. The molecule has 118 valence electrons. The van der Waals surface area contributed by atoms with Crippen molar-refractivity contribution in [1.29, 1.82) is 5.26 Å². The molecular formula is C18H21N5. The minimum atomic E-state index is 0.350. The van der Waals surface area contributed by atoms with Crippen molar-refractivity contribution in [3.05, 3.63) is 54.0 Å². The Morgan fingerprint density at radius 2 is 2.00 bits per heavy atom. The average Bonchev–Trinajstić information content (AvgIpc) is 2.88. The molecule has 3 heterocycles. The number of nitriles is 1. The van der Waals surface area contributed by atoms with Crippen molar-refractivity contribution >= 4 is 5.82 Å². The summed E-state index contributed by atoms with van der Waals surface area (Å²) in [5.41, 5.74) is 1.90. The van der Waals surface area contributed by atoms with Gasteiger partial charge >= 0.3 is 0 Å². The van der Waals surface area contributed by atoms with Gasteiger partial charge < -0.3 is 4.90 Å². The molecule has 0 spiro atoms. The summed E-state index contributed by atoms with van der Waals surface area (Å²) in [4.78, 5) is 13.4. The lowest BCUT2D eigenvalue weighted by Crippen LogP contribution is -2.33. The number of rotatable bonds is 3. The summed E-state index contributed by atoms with van der Waals surface area (Å²) in [7, 11) is 0. The number of hydrogen-bond acceptors (Lipinski definition) is 5. The summed E-state index contributed by atoms with van der Waals surface area (Å²) in [6.45, 7) is 6.05. The van der Waals surface area contributed by atoms with Crippen molar-refractivity contribution in [2.45, 2.75) is 19.4 Å². The van der Waals surface area contributed by atoms with Gasteiger partial charge in [0.1, 0.15) is 11.9 Å². The molecule has 2 aromatic heterocycles. The Morgan fingerprint density at radius 1 is 1.13 bits per heavy atom. The van der Waals surface area contributed by atoms with Crippen LogP contribution in [0, 0.1) is 11.3 Å². The van der Waals surface area contributed by atoms with Crippen molar-refractivity contribution in [2.75, 3.05) is 31.1 Å². The largest absolute Gasteiger partial charge is 0.354 e. The molecule has 0 amide bonds. The van der Waals surface area contributed by atoms with Gasteiger partial charge in [-0.3, -0.25) is 9.88 Å². The maximum atomic E-state index is 9.27. The van der Waals surface area contributed by atoms with Gasteiger partial charge in [-0.05, 0) is 37.1 Å². The molecule has 2 aromatic rings. The van der Waals surface area contributed by atoms with Crippen LogP contribution in [-0.4, -0.2) is 41.0 Å². The zero-order valence-electron chi connectivity index (χ0n) is 13.4. The standard InChI is InChI=1S/C18H21N5/c1-15(17-6-2-7-20-14-17)22-9-4-10-23(12-11-22)18-16(13-19)5-3-8-21-18/h2-3,5-8,14-15H,4,9-12H2,1H3. The number of nitrogens with zero attached hydrogens (tertiary/aromatic N) is 5. The maximum Gasteiger partial charge on any atom is 0.146 e. The molecule has 1 unspecified atom stereocenters. The number of hydrogen-bond donors (Lipinski definition) is 0. The Balaban J connectivity index is 1.71. The van der Waals surface area contributed by atoms with Gasteiger partial charge in [0.25, 0.3) is 0 Å². The Labute approximate surface area is 137 Å². The maximum absolute atomic E-state index is 9.27. The van der Waals surface area contributed by atoms with Crippen LogP contribution in [0.3, 0.4) is 0 Å². The van der Waals surface area contributed by atoms with Gasteiger partial charge in [0.15, 0.2) is 0 Å². The molecule has 1 saturated heterocycles. The lowest BCUT2D eigenvalue weighted by atomic mass is 10.1. The van der Waals surface area contributed by atoms with Gasteiger partial charge in [0.05, 0.1) is 5.56 Å². The number of anilines is 1. The van der Waals surface area contributed by atoms with Crippen LogP contribution in [-0.2, 0) is 0 Å². The fourth-order valence-corrected chi connectivity index (χ4v) is 3.11. The molecule has 0 aromatic carbocycles. The van der Waals surface area contributed by atoms with Crippen LogP contribution >= 0.6 is 0 Å². The van der Waals surface area contributed by atoms with Crippen LogP contribution in [0.2, 0.25) is 0 Å². The SMILES string of the molecule is CC(c1cccnc1)N1CCCN(c2ncccc2C#N)CC1. The Bertz CT molecular complexity index is 679. The highest BCUT2D eigenvalue weighted by molar-refractivity contribution is 5.53. The summed E-state index contributed by atoms with van der Waals surface area (Å²) in [6.07, 6.45) is 6.58. The highest BCUT2D eigenvalue weighted by Crippen LogP contribution is 2.23. The van der Waals surface area contributed by atoms with Crippen molar-refractivity contribution in [3.8, 4) is 6.07 Å². The second-order valence-electron chi connectivity index (χ2n) is 5.83. The molecule has 1 fully saturated rings. The Kier molecular flexibility index (Phi) is 4.84. The third kappa shape index (κ3) is 3.49. The second-order valence-corrected chi connectivity index (χ2v) is 5.83. The highest BCUT2D eigenvalue weighted by atomic mass is 15.3. The molecule has 1 aliphatic heterocycles. The van der Waals surface area contributed by atoms with E-state index in [-0.39, 0.29) is 0 Å². The summed E-state index contributed by atoms with van der Waals surface area (Å²) >= 11 is 0. The molecule has 23 heavy (non-hydrogen) atoms. The van der Waals surface area contributed by atoms with Crippen molar-refractivity contribution in [1.82, 2.24) is 14.9 Å². The third-order valence-corrected chi connectivity index (χ3v) is 4.45. The molecule has 1 aliphatic rings. The van der Waals surface area contributed by atoms with Gasteiger partial charge in [0, 0.05) is 50.8 Å². The molecule has 3 rings (SSSR count). The van der Waals surface area contributed by atoms with Crippen LogP contribution in [0.4, 0.5) is 5.82 Å². The first kappa shape index (κ1) is 15.4. The first-order valence-corrected chi connectivity index (χ1v) is 8.03. The van der Waals surface area contributed by atoms with Gasteiger partial charge in [-0.25, -0.2) is 4.98 Å². The van der Waals surface area contributed by atoms with E-state index in [9.17, 15) is 5.26 Å². The average molecular weight is 307 g/mol. The lowest BCUT2D eigenvalue weighted by molar-refractivity contribution is 0.226. The van der Waals surface area contributed by atoms with Crippen LogP contribution in [0.15, 0.2) is 42.9 Å². The highest BCUT2D eigenvalue weighted by Gasteiger charge is 2.22. The topological polar surface area (TPSA) is 56.1 Å². The van der Waals surface area contributed by atoms with E-state index < -0.39 is 0 Å². The normalized spacial score (nSPS) is 17.3. The van der Waals surface area contributed by atoms with Gasteiger partial charge in [-0.2, -0.15) is 5.26 Å². The summed E-state index contributed by atoms with van der Waals surface area (Å²) in [5.74, 6) is 0.811. The summed E-state index contributed by atoms with van der Waals surface area (Å²) in [5, 5.41) is 9.27. The molecule has 0 aliphatic carbocycles. The Hall–Kier alpha value is -2.45. The van der Waals surface area contributed by atoms with E-state index in [1.807, 2.05) is 30.6 Å². The quantitative estimate of drug-likeness (QED) is 0.872. The van der Waals surface area contributed by atoms with Crippen LogP contribution < -0.4 is 4.90 Å². The van der Waals surface area contributed by atoms with Crippen LogP contribution in [0.25, 0.3) is 0 Å². The van der Waals surface area contributed by atoms with Gasteiger partial charge in [0.2, 0.25) is 0 Å². The van der Waals surface area contributed by atoms with Crippen molar-refractivity contribution < 1.29 is 0 Å². The first-order valence-electron chi connectivity index (χ1n) is 8.03. The predicted octanol–water partition coefficient (Wildman–Crippen LogP) is 2.62. The fourth-order valence-electron chi connectivity index (χ4n) is 3.11. The molecule has 0 saturated carbocycles. The van der Waals surface area contributed by atoms with Crippen molar-refractivity contribution in [3.63, 3.8) is 0 Å². The smallest absolute Gasteiger partial charge is 0.146 e. The monoisotopic (exact) mass is 307 g/mol. The number of aromatic nitrogens is 2. The molecule has 0 bridgehead atoms. The van der Waals surface area contributed by atoms with Crippen LogP contribution in [0.1, 0.15) is 30.5 Å². The van der Waals surface area contributed by atoms with E-state index in [2.05, 4.69) is 38.8 Å². The van der Waals surface area contributed by atoms with Gasteiger partial charge in [-0.15, -0.1) is 0 Å². The molecular weight excluding hydrogens is 286 g/mol. The molecule has 0 radical (unpaired) electrons. The van der Waals surface area contributed by atoms with Crippen LogP contribution in [0.5, 0.6) is 0 Å². The van der Waals surface area contributed by atoms with E-state index in [0.717, 1.165) is 38.4 Å². The number of pyridine rings is 2. The van der Waals surface area contributed by atoms with Crippen molar-refractivity contribution in [2.24, 2.45) is 0 Å². The minimum Gasteiger partial charge on any atom is -0.354 e. The summed E-state index contributed by atoms with van der Waals surface area (Å²) < 4.78 is 0. The molecule has 0 N–H and O–H groups in total. The van der Waals surface area contributed by atoms with E-state index in [1.165, 1.54) is 5.56 Å².